The average Bonchev–Trinajstić information content (AvgIpc) is 3.12. The summed E-state index contributed by atoms with van der Waals surface area (Å²) in [5.74, 6) is -1.29. The number of aromatic carboxylic acids is 1. The van der Waals surface area contributed by atoms with Crippen LogP contribution >= 0.6 is 11.3 Å². The fraction of sp³-hybridized carbons (Fsp3) is 0.333. The van der Waals surface area contributed by atoms with Gasteiger partial charge in [0.1, 0.15) is 10.6 Å². The first-order valence-electron chi connectivity index (χ1n) is 7.76. The lowest BCUT2D eigenvalue weighted by molar-refractivity contribution is -0.0500. The zero-order chi connectivity index (χ0) is 19.6. The van der Waals surface area contributed by atoms with Crippen molar-refractivity contribution in [3.63, 3.8) is 0 Å². The van der Waals surface area contributed by atoms with E-state index in [1.54, 1.807) is 4.90 Å². The smallest absolute Gasteiger partial charge is 0.387 e. The molecule has 0 spiro atoms. The SMILES string of the molecule is O=C(O)c1cnc(N2CCN(S(=O)(=O)c3cccc(OC(F)F)c3)CC2)s1. The van der Waals surface area contributed by atoms with Gasteiger partial charge in [-0.25, -0.2) is 18.2 Å². The largest absolute Gasteiger partial charge is 0.477 e. The molecule has 2 aromatic rings. The Kier molecular flexibility index (Phi) is 5.58. The van der Waals surface area contributed by atoms with Crippen molar-refractivity contribution < 1.29 is 31.8 Å². The fourth-order valence-electron chi connectivity index (χ4n) is 2.59. The minimum Gasteiger partial charge on any atom is -0.477 e. The molecule has 0 amide bonds. The molecular formula is C15H15F2N3O5S2. The molecule has 146 valence electrons. The van der Waals surface area contributed by atoms with Gasteiger partial charge >= 0.3 is 12.6 Å². The van der Waals surface area contributed by atoms with Crippen LogP contribution in [0.15, 0.2) is 35.4 Å². The first-order valence-corrected chi connectivity index (χ1v) is 10.0. The number of aromatic nitrogens is 1. The summed E-state index contributed by atoms with van der Waals surface area (Å²) < 4.78 is 55.6. The van der Waals surface area contributed by atoms with E-state index in [0.717, 1.165) is 17.4 Å². The van der Waals surface area contributed by atoms with Gasteiger partial charge in [-0.15, -0.1) is 0 Å². The van der Waals surface area contributed by atoms with Crippen molar-refractivity contribution in [2.75, 3.05) is 31.1 Å². The van der Waals surface area contributed by atoms with Gasteiger partial charge in [-0.1, -0.05) is 17.4 Å². The number of alkyl halides is 2. The number of thiazole rings is 1. The summed E-state index contributed by atoms with van der Waals surface area (Å²) in [4.78, 5) is 16.8. The van der Waals surface area contributed by atoms with E-state index < -0.39 is 22.6 Å². The zero-order valence-electron chi connectivity index (χ0n) is 13.8. The number of carboxylic acids is 1. The van der Waals surface area contributed by atoms with E-state index in [1.165, 1.54) is 28.7 Å². The molecule has 1 fully saturated rings. The third-order valence-electron chi connectivity index (χ3n) is 3.88. The van der Waals surface area contributed by atoms with Crippen LogP contribution in [-0.4, -0.2) is 61.6 Å². The maximum atomic E-state index is 12.7. The number of hydrogen-bond acceptors (Lipinski definition) is 7. The van der Waals surface area contributed by atoms with Crippen molar-refractivity contribution in [1.82, 2.24) is 9.29 Å². The molecule has 1 aromatic carbocycles. The van der Waals surface area contributed by atoms with E-state index in [0.29, 0.717) is 18.2 Å². The summed E-state index contributed by atoms with van der Waals surface area (Å²) >= 11 is 1.02. The van der Waals surface area contributed by atoms with E-state index in [-0.39, 0.29) is 28.6 Å². The molecule has 0 radical (unpaired) electrons. The van der Waals surface area contributed by atoms with Crippen molar-refractivity contribution in [3.8, 4) is 5.75 Å². The first kappa shape index (κ1) is 19.5. The van der Waals surface area contributed by atoms with Gasteiger partial charge < -0.3 is 14.7 Å². The molecule has 8 nitrogen and oxygen atoms in total. The van der Waals surface area contributed by atoms with Gasteiger partial charge in [0, 0.05) is 32.2 Å². The number of halogens is 2. The molecule has 1 aromatic heterocycles. The Balaban J connectivity index is 1.70. The number of ether oxygens (including phenoxy) is 1. The molecule has 27 heavy (non-hydrogen) atoms. The van der Waals surface area contributed by atoms with Crippen LogP contribution in [0.4, 0.5) is 13.9 Å². The lowest BCUT2D eigenvalue weighted by Gasteiger charge is -2.33. The van der Waals surface area contributed by atoms with Crippen molar-refractivity contribution in [1.29, 1.82) is 0 Å². The molecule has 12 heteroatoms. The van der Waals surface area contributed by atoms with Gasteiger partial charge in [-0.2, -0.15) is 13.1 Å². The molecule has 0 atom stereocenters. The summed E-state index contributed by atoms with van der Waals surface area (Å²) in [6.45, 7) is -2.06. The Morgan fingerprint density at radius 1 is 1.26 bits per heavy atom. The number of piperazine rings is 1. The normalized spacial score (nSPS) is 15.9. The van der Waals surface area contributed by atoms with Crippen molar-refractivity contribution in [3.05, 3.63) is 35.3 Å². The average molecular weight is 419 g/mol. The fourth-order valence-corrected chi connectivity index (χ4v) is 4.85. The molecular weight excluding hydrogens is 404 g/mol. The molecule has 2 heterocycles. The third kappa shape index (κ3) is 4.34. The lowest BCUT2D eigenvalue weighted by atomic mass is 10.3. The predicted octanol–water partition coefficient (Wildman–Crippen LogP) is 1.95. The van der Waals surface area contributed by atoms with Crippen molar-refractivity contribution in [2.24, 2.45) is 0 Å². The second kappa shape index (κ2) is 7.74. The van der Waals surface area contributed by atoms with Crippen LogP contribution < -0.4 is 9.64 Å². The van der Waals surface area contributed by atoms with E-state index in [9.17, 15) is 22.0 Å². The highest BCUT2D eigenvalue weighted by molar-refractivity contribution is 7.89. The molecule has 1 aliphatic heterocycles. The molecule has 0 saturated carbocycles. The molecule has 1 N–H and O–H groups in total. The summed E-state index contributed by atoms with van der Waals surface area (Å²) in [5, 5.41) is 9.47. The van der Waals surface area contributed by atoms with Crippen LogP contribution in [-0.2, 0) is 10.0 Å². The number of carbonyl (C=O) groups is 1. The number of rotatable bonds is 6. The van der Waals surface area contributed by atoms with Crippen LogP contribution in [0, 0.1) is 0 Å². The minimum absolute atomic E-state index is 0.107. The third-order valence-corrected chi connectivity index (χ3v) is 6.82. The monoisotopic (exact) mass is 419 g/mol. The zero-order valence-corrected chi connectivity index (χ0v) is 15.4. The highest BCUT2D eigenvalue weighted by Gasteiger charge is 2.30. The van der Waals surface area contributed by atoms with Gasteiger partial charge in [-0.05, 0) is 12.1 Å². The second-order valence-electron chi connectivity index (χ2n) is 5.56. The molecule has 1 saturated heterocycles. The number of carboxylic acid groups (broad SMARTS) is 1. The van der Waals surface area contributed by atoms with E-state index in [2.05, 4.69) is 9.72 Å². The van der Waals surface area contributed by atoms with Crippen LogP contribution in [0.3, 0.4) is 0 Å². The van der Waals surface area contributed by atoms with Gasteiger partial charge in [0.05, 0.1) is 11.1 Å². The van der Waals surface area contributed by atoms with Gasteiger partial charge in [-0.3, -0.25) is 0 Å². The highest BCUT2D eigenvalue weighted by atomic mass is 32.2. The van der Waals surface area contributed by atoms with E-state index in [1.807, 2.05) is 0 Å². The molecule has 3 rings (SSSR count). The predicted molar refractivity (Wildman–Crippen MR) is 93.1 cm³/mol. The Morgan fingerprint density at radius 3 is 2.56 bits per heavy atom. The number of benzene rings is 1. The maximum absolute atomic E-state index is 12.7. The number of nitrogens with zero attached hydrogens (tertiary/aromatic N) is 3. The Bertz CT molecular complexity index is 927. The first-order chi connectivity index (χ1) is 12.8. The number of anilines is 1. The lowest BCUT2D eigenvalue weighted by Crippen LogP contribution is -2.48. The standard InChI is InChI=1S/C15H15F2N3O5S2/c16-14(17)25-10-2-1-3-11(8-10)27(23,24)20-6-4-19(5-7-20)15-18-9-12(26-15)13(21)22/h1-3,8-9,14H,4-7H2,(H,21,22). The number of sulfonamides is 1. The summed E-state index contributed by atoms with van der Waals surface area (Å²) in [5.41, 5.74) is 0. The van der Waals surface area contributed by atoms with Crippen LogP contribution in [0.1, 0.15) is 9.67 Å². The van der Waals surface area contributed by atoms with E-state index >= 15 is 0 Å². The quantitative estimate of drug-likeness (QED) is 0.764. The Hall–Kier alpha value is -2.31. The Morgan fingerprint density at radius 2 is 1.96 bits per heavy atom. The van der Waals surface area contributed by atoms with Gasteiger partial charge in [0.15, 0.2) is 5.13 Å². The molecule has 0 unspecified atom stereocenters. The summed E-state index contributed by atoms with van der Waals surface area (Å²) in [6.07, 6.45) is 1.26. The second-order valence-corrected chi connectivity index (χ2v) is 8.50. The summed E-state index contributed by atoms with van der Waals surface area (Å²) in [6, 6.07) is 4.98. The van der Waals surface area contributed by atoms with Gasteiger partial charge in [0.25, 0.3) is 0 Å². The van der Waals surface area contributed by atoms with Gasteiger partial charge in [0.2, 0.25) is 10.0 Å². The van der Waals surface area contributed by atoms with Crippen molar-refractivity contribution >= 4 is 32.5 Å². The van der Waals surface area contributed by atoms with Crippen molar-refractivity contribution in [2.45, 2.75) is 11.5 Å². The highest BCUT2D eigenvalue weighted by Crippen LogP contribution is 2.26. The topological polar surface area (TPSA) is 100 Å². The van der Waals surface area contributed by atoms with E-state index in [4.69, 9.17) is 5.11 Å². The van der Waals surface area contributed by atoms with Crippen LogP contribution in [0.5, 0.6) is 5.75 Å². The molecule has 0 aliphatic carbocycles. The van der Waals surface area contributed by atoms with Crippen LogP contribution in [0.2, 0.25) is 0 Å². The minimum atomic E-state index is -3.86. The maximum Gasteiger partial charge on any atom is 0.387 e. The molecule has 1 aliphatic rings. The summed E-state index contributed by atoms with van der Waals surface area (Å²) in [7, 11) is -3.86. The molecule has 0 bridgehead atoms. The number of hydrogen-bond donors (Lipinski definition) is 1. The van der Waals surface area contributed by atoms with Crippen LogP contribution in [0.25, 0.3) is 0 Å². The Labute approximate surface area is 157 Å².